The molecule has 0 rings (SSSR count). The van der Waals surface area contributed by atoms with Gasteiger partial charge in [0.25, 0.3) is 0 Å². The van der Waals surface area contributed by atoms with Crippen molar-refractivity contribution in [3.63, 3.8) is 0 Å². The number of aliphatic carboxylic acids is 1. The average molecular weight is 411 g/mol. The maximum Gasteiger partial charge on any atom is 0.306 e. The average Bonchev–Trinajstić information content (AvgIpc) is 2.62. The number of rotatable bonds is 20. The highest BCUT2D eigenvalue weighted by Crippen LogP contribution is 2.31. The van der Waals surface area contributed by atoms with E-state index in [1.807, 2.05) is 0 Å². The molecule has 0 radical (unpaired) electrons. The van der Waals surface area contributed by atoms with Crippen LogP contribution >= 0.6 is 0 Å². The molecule has 0 aliphatic rings. The minimum Gasteiger partial charge on any atom is -0.481 e. The summed E-state index contributed by atoms with van der Waals surface area (Å²) in [5, 5.41) is 9.57. The normalized spacial score (nSPS) is 14.1. The molecular formula is C27H54O2. The summed E-state index contributed by atoms with van der Waals surface area (Å²) >= 11 is 0. The maximum absolute atomic E-state index is 11.6. The summed E-state index contributed by atoms with van der Waals surface area (Å²) in [5.74, 6) is -0.493. The molecule has 0 aliphatic heterocycles. The third-order valence-corrected chi connectivity index (χ3v) is 6.31. The first-order chi connectivity index (χ1) is 13.8. The van der Waals surface area contributed by atoms with E-state index in [2.05, 4.69) is 34.6 Å². The standard InChI is InChI=1S/C27H54O2/c1-6-7-8-9-10-11-12-13-14-15-16-17-18-19-20-21-22-25(26(28)29)24(2)23-27(3,4)5/h24-25H,6-23H2,1-5H3,(H,28,29). The van der Waals surface area contributed by atoms with Gasteiger partial charge in [0, 0.05) is 0 Å². The van der Waals surface area contributed by atoms with Crippen molar-refractivity contribution in [3.8, 4) is 0 Å². The molecule has 0 aromatic rings. The molecule has 2 nitrogen and oxygen atoms in total. The van der Waals surface area contributed by atoms with Crippen LogP contribution in [-0.4, -0.2) is 11.1 Å². The van der Waals surface area contributed by atoms with E-state index in [1.165, 1.54) is 96.3 Å². The zero-order chi connectivity index (χ0) is 22.0. The fourth-order valence-corrected chi connectivity index (χ4v) is 4.67. The number of hydrogen-bond acceptors (Lipinski definition) is 1. The zero-order valence-electron chi connectivity index (χ0n) is 20.7. The van der Waals surface area contributed by atoms with Gasteiger partial charge in [0.1, 0.15) is 0 Å². The molecule has 0 aliphatic carbocycles. The number of carboxylic acids is 1. The Morgan fingerprint density at radius 1 is 0.690 bits per heavy atom. The molecule has 2 unspecified atom stereocenters. The molecule has 0 spiro atoms. The quantitative estimate of drug-likeness (QED) is 0.203. The highest BCUT2D eigenvalue weighted by Gasteiger charge is 2.27. The second kappa shape index (κ2) is 18.3. The van der Waals surface area contributed by atoms with Gasteiger partial charge in [0.2, 0.25) is 0 Å². The van der Waals surface area contributed by atoms with Crippen LogP contribution in [0.15, 0.2) is 0 Å². The summed E-state index contributed by atoms with van der Waals surface area (Å²) in [6.45, 7) is 11.0. The third-order valence-electron chi connectivity index (χ3n) is 6.31. The highest BCUT2D eigenvalue weighted by molar-refractivity contribution is 5.70. The lowest BCUT2D eigenvalue weighted by Gasteiger charge is -2.27. The Kier molecular flexibility index (Phi) is 17.9. The molecule has 174 valence electrons. The molecular weight excluding hydrogens is 356 g/mol. The highest BCUT2D eigenvalue weighted by atomic mass is 16.4. The molecule has 0 bridgehead atoms. The van der Waals surface area contributed by atoms with E-state index in [-0.39, 0.29) is 17.3 Å². The number of hydrogen-bond donors (Lipinski definition) is 1. The maximum atomic E-state index is 11.6. The molecule has 0 aromatic carbocycles. The Hall–Kier alpha value is -0.530. The van der Waals surface area contributed by atoms with E-state index >= 15 is 0 Å². The van der Waals surface area contributed by atoms with Crippen LogP contribution in [0.25, 0.3) is 0 Å². The van der Waals surface area contributed by atoms with Gasteiger partial charge in [-0.15, -0.1) is 0 Å². The van der Waals surface area contributed by atoms with Gasteiger partial charge >= 0.3 is 5.97 Å². The third kappa shape index (κ3) is 19.2. The van der Waals surface area contributed by atoms with E-state index in [0.717, 1.165) is 19.3 Å². The molecule has 1 N–H and O–H groups in total. The second-order valence-electron chi connectivity index (χ2n) is 10.8. The summed E-state index contributed by atoms with van der Waals surface area (Å²) in [7, 11) is 0. The summed E-state index contributed by atoms with van der Waals surface area (Å²) < 4.78 is 0. The Balaban J connectivity index is 3.50. The Bertz CT molecular complexity index is 369. The van der Waals surface area contributed by atoms with Crippen LogP contribution in [-0.2, 0) is 4.79 Å². The molecule has 29 heavy (non-hydrogen) atoms. The van der Waals surface area contributed by atoms with Crippen LogP contribution in [0.2, 0.25) is 0 Å². The van der Waals surface area contributed by atoms with Crippen molar-refractivity contribution in [2.24, 2.45) is 17.3 Å². The van der Waals surface area contributed by atoms with Crippen molar-refractivity contribution >= 4 is 5.97 Å². The molecule has 2 atom stereocenters. The van der Waals surface area contributed by atoms with Gasteiger partial charge in [0.05, 0.1) is 5.92 Å². The van der Waals surface area contributed by atoms with Crippen molar-refractivity contribution in [1.82, 2.24) is 0 Å². The molecule has 0 amide bonds. The van der Waals surface area contributed by atoms with Gasteiger partial charge in [-0.3, -0.25) is 4.79 Å². The fraction of sp³-hybridized carbons (Fsp3) is 0.963. The van der Waals surface area contributed by atoms with Gasteiger partial charge in [-0.05, 0) is 24.2 Å². The summed E-state index contributed by atoms with van der Waals surface area (Å²) in [6, 6.07) is 0. The lowest BCUT2D eigenvalue weighted by Crippen LogP contribution is -2.25. The first-order valence-corrected chi connectivity index (χ1v) is 13.0. The van der Waals surface area contributed by atoms with Gasteiger partial charge in [-0.2, -0.15) is 0 Å². The number of carbonyl (C=O) groups is 1. The minimum atomic E-state index is -0.595. The Morgan fingerprint density at radius 2 is 1.03 bits per heavy atom. The van der Waals surface area contributed by atoms with E-state index in [0.29, 0.717) is 0 Å². The van der Waals surface area contributed by atoms with Crippen molar-refractivity contribution in [2.45, 2.75) is 150 Å². The van der Waals surface area contributed by atoms with E-state index in [1.54, 1.807) is 0 Å². The van der Waals surface area contributed by atoms with Crippen LogP contribution < -0.4 is 0 Å². The van der Waals surface area contributed by atoms with Gasteiger partial charge in [0.15, 0.2) is 0 Å². The lowest BCUT2D eigenvalue weighted by molar-refractivity contribution is -0.144. The van der Waals surface area contributed by atoms with Gasteiger partial charge in [-0.25, -0.2) is 0 Å². The van der Waals surface area contributed by atoms with E-state index < -0.39 is 5.97 Å². The predicted octanol–water partition coefficient (Wildman–Crippen LogP) is 9.41. The van der Waals surface area contributed by atoms with E-state index in [9.17, 15) is 9.90 Å². The fourth-order valence-electron chi connectivity index (χ4n) is 4.67. The summed E-state index contributed by atoms with van der Waals surface area (Å²) in [6.07, 6.45) is 23.7. The number of unbranched alkanes of at least 4 members (excludes halogenated alkanes) is 15. The first kappa shape index (κ1) is 28.5. The van der Waals surface area contributed by atoms with Crippen molar-refractivity contribution in [3.05, 3.63) is 0 Å². The molecule has 0 saturated carbocycles. The Labute approximate surface area is 183 Å². The molecule has 0 fully saturated rings. The molecule has 0 saturated heterocycles. The lowest BCUT2D eigenvalue weighted by atomic mass is 9.78. The van der Waals surface area contributed by atoms with Crippen LogP contribution in [0.1, 0.15) is 150 Å². The van der Waals surface area contributed by atoms with Gasteiger partial charge in [-0.1, -0.05) is 137 Å². The molecule has 0 heterocycles. The van der Waals surface area contributed by atoms with E-state index in [4.69, 9.17) is 0 Å². The SMILES string of the molecule is CCCCCCCCCCCCCCCCCCC(C(=O)O)C(C)CC(C)(C)C. The summed E-state index contributed by atoms with van der Waals surface area (Å²) in [5.41, 5.74) is 0.210. The second-order valence-corrected chi connectivity index (χ2v) is 10.8. The zero-order valence-corrected chi connectivity index (χ0v) is 20.7. The summed E-state index contributed by atoms with van der Waals surface area (Å²) in [4.78, 5) is 11.6. The largest absolute Gasteiger partial charge is 0.481 e. The number of carboxylic acid groups (broad SMARTS) is 1. The van der Waals surface area contributed by atoms with Crippen molar-refractivity contribution in [1.29, 1.82) is 0 Å². The van der Waals surface area contributed by atoms with Crippen molar-refractivity contribution < 1.29 is 9.90 Å². The first-order valence-electron chi connectivity index (χ1n) is 13.0. The van der Waals surface area contributed by atoms with Crippen molar-refractivity contribution in [2.75, 3.05) is 0 Å². The monoisotopic (exact) mass is 410 g/mol. The topological polar surface area (TPSA) is 37.3 Å². The van der Waals surface area contributed by atoms with Crippen LogP contribution in [0.5, 0.6) is 0 Å². The Morgan fingerprint density at radius 3 is 1.34 bits per heavy atom. The predicted molar refractivity (Wildman–Crippen MR) is 129 cm³/mol. The van der Waals surface area contributed by atoms with Crippen LogP contribution in [0.3, 0.4) is 0 Å². The van der Waals surface area contributed by atoms with Gasteiger partial charge < -0.3 is 5.11 Å². The molecule has 0 aromatic heterocycles. The van der Waals surface area contributed by atoms with Crippen LogP contribution in [0.4, 0.5) is 0 Å². The van der Waals surface area contributed by atoms with Crippen LogP contribution in [0, 0.1) is 17.3 Å². The smallest absolute Gasteiger partial charge is 0.306 e. The molecule has 2 heteroatoms. The minimum absolute atomic E-state index is 0.166.